The van der Waals surface area contributed by atoms with E-state index >= 15 is 0 Å². The van der Waals surface area contributed by atoms with Crippen molar-refractivity contribution in [1.29, 1.82) is 0 Å². The van der Waals surface area contributed by atoms with Gasteiger partial charge in [0, 0.05) is 41.7 Å². The van der Waals surface area contributed by atoms with Crippen molar-refractivity contribution in [2.24, 2.45) is 5.92 Å². The van der Waals surface area contributed by atoms with Gasteiger partial charge in [0.25, 0.3) is 0 Å². The van der Waals surface area contributed by atoms with Gasteiger partial charge in [0.05, 0.1) is 16.5 Å². The summed E-state index contributed by atoms with van der Waals surface area (Å²) < 4.78 is 28.1. The molecule has 32 heavy (non-hydrogen) atoms. The summed E-state index contributed by atoms with van der Waals surface area (Å²) in [5.74, 6) is -0.237. The third-order valence-corrected chi connectivity index (χ3v) is 8.48. The van der Waals surface area contributed by atoms with Gasteiger partial charge in [0.2, 0.25) is 21.8 Å². The third kappa shape index (κ3) is 5.46. The molecule has 2 aromatic carbocycles. The van der Waals surface area contributed by atoms with E-state index in [4.69, 9.17) is 11.6 Å². The van der Waals surface area contributed by atoms with E-state index in [1.165, 1.54) is 23.9 Å². The molecule has 2 aliphatic rings. The number of anilines is 1. The summed E-state index contributed by atoms with van der Waals surface area (Å²) in [7, 11) is -3.78. The van der Waals surface area contributed by atoms with Gasteiger partial charge < -0.3 is 10.2 Å². The van der Waals surface area contributed by atoms with E-state index in [0.29, 0.717) is 16.5 Å². The van der Waals surface area contributed by atoms with Crippen LogP contribution in [0, 0.1) is 5.92 Å². The van der Waals surface area contributed by atoms with Gasteiger partial charge in [-0.15, -0.1) is 11.8 Å². The first-order valence-electron chi connectivity index (χ1n) is 10.4. The zero-order valence-corrected chi connectivity index (χ0v) is 19.7. The topological polar surface area (TPSA) is 95.6 Å². The summed E-state index contributed by atoms with van der Waals surface area (Å²) in [6, 6.07) is 11.6. The van der Waals surface area contributed by atoms with Crippen LogP contribution in [0.3, 0.4) is 0 Å². The number of nitrogens with one attached hydrogen (secondary N) is 2. The highest BCUT2D eigenvalue weighted by molar-refractivity contribution is 7.99. The number of fused-ring (bicyclic) bond motifs is 1. The Bertz CT molecular complexity index is 1120. The Hall–Kier alpha value is -2.07. The van der Waals surface area contributed by atoms with Crippen molar-refractivity contribution in [3.63, 3.8) is 0 Å². The molecular weight excluding hydrogens is 470 g/mol. The van der Waals surface area contributed by atoms with Gasteiger partial charge in [0.1, 0.15) is 0 Å². The average Bonchev–Trinajstić information content (AvgIpc) is 3.27. The molecule has 2 amide bonds. The van der Waals surface area contributed by atoms with Crippen LogP contribution in [0.25, 0.3) is 0 Å². The zero-order valence-electron chi connectivity index (χ0n) is 17.3. The fraction of sp³-hybridized carbons (Fsp3) is 0.364. The summed E-state index contributed by atoms with van der Waals surface area (Å²) in [5.41, 5.74) is 1.23. The van der Waals surface area contributed by atoms with Crippen LogP contribution in [0.15, 0.2) is 52.3 Å². The number of halogens is 1. The smallest absolute Gasteiger partial charge is 0.240 e. The van der Waals surface area contributed by atoms with E-state index in [0.717, 1.165) is 36.4 Å². The maximum atomic E-state index is 12.8. The maximum absolute atomic E-state index is 12.8. The highest BCUT2D eigenvalue weighted by atomic mass is 35.5. The van der Waals surface area contributed by atoms with Crippen molar-refractivity contribution >= 4 is 50.9 Å². The number of rotatable bonds is 6. The molecule has 2 aromatic rings. The van der Waals surface area contributed by atoms with Crippen molar-refractivity contribution in [3.05, 3.63) is 53.1 Å². The fourth-order valence-electron chi connectivity index (χ4n) is 3.72. The fourth-order valence-corrected chi connectivity index (χ4v) is 5.97. The Morgan fingerprint density at radius 1 is 1.16 bits per heavy atom. The SMILES string of the molecule is O=C1Nc2cc(S(=O)(=O)NCc3ccc(Cl)cc3)ccc2SC[C@H]1CC(=O)N1CCCC1. The van der Waals surface area contributed by atoms with Gasteiger partial charge in [-0.05, 0) is 48.7 Å². The second kappa shape index (κ2) is 9.82. The molecule has 170 valence electrons. The van der Waals surface area contributed by atoms with Gasteiger partial charge in [-0.2, -0.15) is 0 Å². The molecule has 7 nitrogen and oxygen atoms in total. The predicted molar refractivity (Wildman–Crippen MR) is 125 cm³/mol. The van der Waals surface area contributed by atoms with Crippen LogP contribution in [0.4, 0.5) is 5.69 Å². The van der Waals surface area contributed by atoms with Gasteiger partial charge in [-0.3, -0.25) is 9.59 Å². The molecular formula is C22H24ClN3O4S2. The quantitative estimate of drug-likeness (QED) is 0.642. The van der Waals surface area contributed by atoms with E-state index in [1.807, 2.05) is 4.90 Å². The lowest BCUT2D eigenvalue weighted by molar-refractivity contribution is -0.133. The van der Waals surface area contributed by atoms with Crippen LogP contribution < -0.4 is 10.0 Å². The van der Waals surface area contributed by atoms with E-state index in [9.17, 15) is 18.0 Å². The molecule has 0 aromatic heterocycles. The zero-order chi connectivity index (χ0) is 22.7. The Morgan fingerprint density at radius 2 is 1.88 bits per heavy atom. The first-order chi connectivity index (χ1) is 15.3. The largest absolute Gasteiger partial charge is 0.343 e. The standard InChI is InChI=1S/C22H24ClN3O4S2/c23-17-5-3-15(4-6-17)13-24-32(29,30)18-7-8-20-19(12-18)25-22(28)16(14-31-20)11-21(27)26-9-1-2-10-26/h3-8,12,16,24H,1-2,9-11,13-14H2,(H,25,28)/t16-/m1/s1. The predicted octanol–water partition coefficient (Wildman–Crippen LogP) is 3.49. The average molecular weight is 494 g/mol. The number of amides is 2. The van der Waals surface area contributed by atoms with Gasteiger partial charge >= 0.3 is 0 Å². The highest BCUT2D eigenvalue weighted by Crippen LogP contribution is 2.35. The van der Waals surface area contributed by atoms with Crippen LogP contribution in [-0.4, -0.2) is 44.0 Å². The highest BCUT2D eigenvalue weighted by Gasteiger charge is 2.29. The number of thioether (sulfide) groups is 1. The number of carbonyl (C=O) groups excluding carboxylic acids is 2. The van der Waals surface area contributed by atoms with Crippen molar-refractivity contribution in [3.8, 4) is 0 Å². The third-order valence-electron chi connectivity index (χ3n) is 5.59. The summed E-state index contributed by atoms with van der Waals surface area (Å²) >= 11 is 7.32. The molecule has 0 spiro atoms. The summed E-state index contributed by atoms with van der Waals surface area (Å²) in [5, 5.41) is 3.40. The van der Waals surface area contributed by atoms with E-state index in [2.05, 4.69) is 10.0 Å². The molecule has 1 atom stereocenters. The minimum absolute atomic E-state index is 0.00359. The van der Waals surface area contributed by atoms with Crippen molar-refractivity contribution < 1.29 is 18.0 Å². The molecule has 1 fully saturated rings. The van der Waals surface area contributed by atoms with Crippen molar-refractivity contribution in [1.82, 2.24) is 9.62 Å². The number of sulfonamides is 1. The number of carbonyl (C=O) groups is 2. The number of hydrogen-bond acceptors (Lipinski definition) is 5. The lowest BCUT2D eigenvalue weighted by Crippen LogP contribution is -2.33. The molecule has 0 radical (unpaired) electrons. The lowest BCUT2D eigenvalue weighted by Gasteiger charge is -2.18. The van der Waals surface area contributed by atoms with Crippen LogP contribution in [0.5, 0.6) is 0 Å². The molecule has 10 heteroatoms. The maximum Gasteiger partial charge on any atom is 0.240 e. The number of likely N-dealkylation sites (tertiary alicyclic amines) is 1. The minimum atomic E-state index is -3.78. The van der Waals surface area contributed by atoms with Crippen LogP contribution in [0.2, 0.25) is 5.02 Å². The van der Waals surface area contributed by atoms with Crippen molar-refractivity contribution in [2.75, 3.05) is 24.2 Å². The molecule has 2 heterocycles. The lowest BCUT2D eigenvalue weighted by atomic mass is 10.1. The molecule has 0 saturated carbocycles. The molecule has 4 rings (SSSR count). The van der Waals surface area contributed by atoms with E-state index < -0.39 is 15.9 Å². The molecule has 0 aliphatic carbocycles. The molecule has 2 N–H and O–H groups in total. The summed E-state index contributed by atoms with van der Waals surface area (Å²) in [6.07, 6.45) is 2.18. The Kier molecular flexibility index (Phi) is 7.09. The van der Waals surface area contributed by atoms with Gasteiger partial charge in [-0.25, -0.2) is 13.1 Å². The van der Waals surface area contributed by atoms with Gasteiger partial charge in [0.15, 0.2) is 0 Å². The second-order valence-corrected chi connectivity index (χ2v) is 11.2. The number of nitrogens with zero attached hydrogens (tertiary/aromatic N) is 1. The number of hydrogen-bond donors (Lipinski definition) is 2. The van der Waals surface area contributed by atoms with Crippen LogP contribution in [0.1, 0.15) is 24.8 Å². The summed E-state index contributed by atoms with van der Waals surface area (Å²) in [6.45, 7) is 1.63. The summed E-state index contributed by atoms with van der Waals surface area (Å²) in [4.78, 5) is 27.9. The monoisotopic (exact) mass is 493 g/mol. The normalized spacial score (nSPS) is 18.7. The van der Waals surface area contributed by atoms with Crippen LogP contribution >= 0.6 is 23.4 Å². The Balaban J connectivity index is 1.44. The minimum Gasteiger partial charge on any atom is -0.343 e. The van der Waals surface area contributed by atoms with Gasteiger partial charge in [-0.1, -0.05) is 23.7 Å². The second-order valence-electron chi connectivity index (χ2n) is 7.90. The molecule has 0 unspecified atom stereocenters. The van der Waals surface area contributed by atoms with Crippen LogP contribution in [-0.2, 0) is 26.2 Å². The Morgan fingerprint density at radius 3 is 2.59 bits per heavy atom. The van der Waals surface area contributed by atoms with E-state index in [-0.39, 0.29) is 29.7 Å². The first-order valence-corrected chi connectivity index (χ1v) is 13.3. The molecule has 2 aliphatic heterocycles. The Labute approximate surface area is 196 Å². The van der Waals surface area contributed by atoms with Crippen molar-refractivity contribution in [2.45, 2.75) is 35.6 Å². The van der Waals surface area contributed by atoms with E-state index in [1.54, 1.807) is 30.3 Å². The first kappa shape index (κ1) is 23.1. The molecule has 1 saturated heterocycles. The number of benzene rings is 2. The molecule has 0 bridgehead atoms.